The van der Waals surface area contributed by atoms with Crippen molar-refractivity contribution in [3.8, 4) is 0 Å². The monoisotopic (exact) mass is 226 g/mol. The van der Waals surface area contributed by atoms with E-state index in [-0.39, 0.29) is 4.90 Å². The van der Waals surface area contributed by atoms with Gasteiger partial charge in [-0.2, -0.15) is 0 Å². The second-order valence-corrected chi connectivity index (χ2v) is 5.46. The molecule has 0 spiro atoms. The standard InChI is InChI=1S/C10H14N2O2S/c11-15(13,14)10-5-3-9(4-6-10)12-7-8-1-2-8/h3-6,8,12H,1-2,7H2,(H2,11,13,14). The largest absolute Gasteiger partial charge is 0.385 e. The number of nitrogens with one attached hydrogen (secondary N) is 1. The number of primary sulfonamides is 1. The first-order chi connectivity index (χ1) is 7.05. The lowest BCUT2D eigenvalue weighted by Gasteiger charge is -2.05. The fourth-order valence-electron chi connectivity index (χ4n) is 1.35. The van der Waals surface area contributed by atoms with Crippen molar-refractivity contribution >= 4 is 15.7 Å². The van der Waals surface area contributed by atoms with Crippen LogP contribution < -0.4 is 10.5 Å². The van der Waals surface area contributed by atoms with Crippen LogP contribution in [0.3, 0.4) is 0 Å². The second-order valence-electron chi connectivity index (χ2n) is 3.89. The SMILES string of the molecule is NS(=O)(=O)c1ccc(NCC2CC2)cc1. The van der Waals surface area contributed by atoms with E-state index in [2.05, 4.69) is 5.32 Å². The molecule has 0 unspecified atom stereocenters. The Morgan fingerprint density at radius 1 is 1.27 bits per heavy atom. The zero-order chi connectivity index (χ0) is 10.9. The van der Waals surface area contributed by atoms with Gasteiger partial charge in [0.15, 0.2) is 0 Å². The van der Waals surface area contributed by atoms with E-state index in [0.717, 1.165) is 18.2 Å². The Morgan fingerprint density at radius 3 is 2.33 bits per heavy atom. The van der Waals surface area contributed by atoms with Gasteiger partial charge in [-0.25, -0.2) is 13.6 Å². The minimum atomic E-state index is -3.57. The van der Waals surface area contributed by atoms with Crippen LogP contribution in [-0.2, 0) is 10.0 Å². The molecule has 0 aliphatic heterocycles. The van der Waals surface area contributed by atoms with E-state index < -0.39 is 10.0 Å². The summed E-state index contributed by atoms with van der Waals surface area (Å²) in [6.45, 7) is 0.967. The van der Waals surface area contributed by atoms with E-state index in [9.17, 15) is 8.42 Å². The highest BCUT2D eigenvalue weighted by Crippen LogP contribution is 2.28. The third-order valence-electron chi connectivity index (χ3n) is 2.47. The molecule has 1 aliphatic rings. The third kappa shape index (κ3) is 2.94. The molecule has 3 N–H and O–H groups in total. The van der Waals surface area contributed by atoms with Crippen molar-refractivity contribution in [2.75, 3.05) is 11.9 Å². The fourth-order valence-corrected chi connectivity index (χ4v) is 1.86. The van der Waals surface area contributed by atoms with Crippen molar-refractivity contribution < 1.29 is 8.42 Å². The smallest absolute Gasteiger partial charge is 0.238 e. The van der Waals surface area contributed by atoms with Gasteiger partial charge < -0.3 is 5.32 Å². The van der Waals surface area contributed by atoms with Crippen LogP contribution in [0.5, 0.6) is 0 Å². The number of anilines is 1. The number of benzene rings is 1. The molecule has 1 aliphatic carbocycles. The molecule has 1 aromatic rings. The predicted molar refractivity (Wildman–Crippen MR) is 59.0 cm³/mol. The van der Waals surface area contributed by atoms with Crippen molar-refractivity contribution in [2.24, 2.45) is 11.1 Å². The molecule has 0 amide bonds. The van der Waals surface area contributed by atoms with E-state index in [0.29, 0.717) is 0 Å². The van der Waals surface area contributed by atoms with E-state index >= 15 is 0 Å². The third-order valence-corrected chi connectivity index (χ3v) is 3.40. The zero-order valence-electron chi connectivity index (χ0n) is 8.31. The molecule has 0 heterocycles. The molecule has 0 saturated heterocycles. The summed E-state index contributed by atoms with van der Waals surface area (Å²) in [5.41, 5.74) is 0.939. The van der Waals surface area contributed by atoms with Gasteiger partial charge in [-0.1, -0.05) is 0 Å². The number of hydrogen-bond acceptors (Lipinski definition) is 3. The first-order valence-corrected chi connectivity index (χ1v) is 6.47. The topological polar surface area (TPSA) is 72.2 Å². The summed E-state index contributed by atoms with van der Waals surface area (Å²) in [5, 5.41) is 8.24. The molecule has 4 nitrogen and oxygen atoms in total. The predicted octanol–water partition coefficient (Wildman–Crippen LogP) is 1.16. The molecule has 0 radical (unpaired) electrons. The van der Waals surface area contributed by atoms with E-state index in [1.54, 1.807) is 12.1 Å². The van der Waals surface area contributed by atoms with Crippen LogP contribution in [-0.4, -0.2) is 15.0 Å². The van der Waals surface area contributed by atoms with Gasteiger partial charge >= 0.3 is 0 Å². The lowest BCUT2D eigenvalue weighted by Crippen LogP contribution is -2.12. The summed E-state index contributed by atoms with van der Waals surface area (Å²) >= 11 is 0. The molecule has 82 valence electrons. The lowest BCUT2D eigenvalue weighted by molar-refractivity contribution is 0.598. The molecular formula is C10H14N2O2S. The normalized spacial score (nSPS) is 16.3. The van der Waals surface area contributed by atoms with Gasteiger partial charge in [-0.15, -0.1) is 0 Å². The Labute approximate surface area is 89.5 Å². The highest BCUT2D eigenvalue weighted by molar-refractivity contribution is 7.89. The van der Waals surface area contributed by atoms with Crippen LogP contribution in [0.15, 0.2) is 29.2 Å². The first kappa shape index (κ1) is 10.4. The summed E-state index contributed by atoms with van der Waals surface area (Å²) in [6, 6.07) is 6.51. The molecule has 0 bridgehead atoms. The summed E-state index contributed by atoms with van der Waals surface area (Å²) in [7, 11) is -3.57. The summed E-state index contributed by atoms with van der Waals surface area (Å²) in [4.78, 5) is 0.152. The number of hydrogen-bond donors (Lipinski definition) is 2. The van der Waals surface area contributed by atoms with Gasteiger partial charge in [-0.05, 0) is 43.0 Å². The van der Waals surface area contributed by atoms with Gasteiger partial charge in [0.25, 0.3) is 0 Å². The average Bonchev–Trinajstić information content (AvgIpc) is 2.97. The van der Waals surface area contributed by atoms with Crippen molar-refractivity contribution in [3.05, 3.63) is 24.3 Å². The molecule has 15 heavy (non-hydrogen) atoms. The van der Waals surface area contributed by atoms with Gasteiger partial charge in [0.1, 0.15) is 0 Å². The van der Waals surface area contributed by atoms with Crippen molar-refractivity contribution in [1.82, 2.24) is 0 Å². The van der Waals surface area contributed by atoms with Crippen LogP contribution in [0.25, 0.3) is 0 Å². The van der Waals surface area contributed by atoms with Gasteiger partial charge in [0.2, 0.25) is 10.0 Å². The number of sulfonamides is 1. The van der Waals surface area contributed by atoms with E-state index in [4.69, 9.17) is 5.14 Å². The Hall–Kier alpha value is -1.07. The number of nitrogens with two attached hydrogens (primary N) is 1. The Bertz CT molecular complexity index is 435. The van der Waals surface area contributed by atoms with Crippen LogP contribution in [0.2, 0.25) is 0 Å². The van der Waals surface area contributed by atoms with E-state index in [1.807, 2.05) is 0 Å². The molecule has 0 aromatic heterocycles. The minimum absolute atomic E-state index is 0.152. The van der Waals surface area contributed by atoms with E-state index in [1.165, 1.54) is 25.0 Å². The molecule has 1 saturated carbocycles. The highest BCUT2D eigenvalue weighted by atomic mass is 32.2. The highest BCUT2D eigenvalue weighted by Gasteiger charge is 2.20. The molecule has 1 aromatic carbocycles. The zero-order valence-corrected chi connectivity index (χ0v) is 9.13. The Balaban J connectivity index is 2.02. The van der Waals surface area contributed by atoms with Crippen molar-refractivity contribution in [2.45, 2.75) is 17.7 Å². The minimum Gasteiger partial charge on any atom is -0.385 e. The maximum atomic E-state index is 11.0. The van der Waals surface area contributed by atoms with Crippen LogP contribution in [0.4, 0.5) is 5.69 Å². The van der Waals surface area contributed by atoms with Crippen LogP contribution in [0, 0.1) is 5.92 Å². The molecule has 0 atom stereocenters. The average molecular weight is 226 g/mol. The summed E-state index contributed by atoms with van der Waals surface area (Å²) in [5.74, 6) is 0.794. The molecular weight excluding hydrogens is 212 g/mol. The van der Waals surface area contributed by atoms with Gasteiger partial charge in [0, 0.05) is 12.2 Å². The Morgan fingerprint density at radius 2 is 1.87 bits per heavy atom. The molecule has 1 fully saturated rings. The van der Waals surface area contributed by atoms with Crippen LogP contribution >= 0.6 is 0 Å². The van der Waals surface area contributed by atoms with Crippen LogP contribution in [0.1, 0.15) is 12.8 Å². The Kier molecular flexibility index (Phi) is 2.67. The summed E-state index contributed by atoms with van der Waals surface area (Å²) in [6.07, 6.45) is 2.59. The molecule has 5 heteroatoms. The van der Waals surface area contributed by atoms with Crippen molar-refractivity contribution in [1.29, 1.82) is 0 Å². The number of rotatable bonds is 4. The van der Waals surface area contributed by atoms with Gasteiger partial charge in [-0.3, -0.25) is 0 Å². The first-order valence-electron chi connectivity index (χ1n) is 4.92. The maximum Gasteiger partial charge on any atom is 0.238 e. The lowest BCUT2D eigenvalue weighted by atomic mass is 10.3. The quantitative estimate of drug-likeness (QED) is 0.809. The molecule has 2 rings (SSSR count). The van der Waals surface area contributed by atoms with Crippen molar-refractivity contribution in [3.63, 3.8) is 0 Å². The van der Waals surface area contributed by atoms with Gasteiger partial charge in [0.05, 0.1) is 4.90 Å². The fraction of sp³-hybridized carbons (Fsp3) is 0.400. The summed E-state index contributed by atoms with van der Waals surface area (Å²) < 4.78 is 22.0. The second kappa shape index (κ2) is 3.83. The maximum absolute atomic E-state index is 11.0.